The number of rotatable bonds is 3. The van der Waals surface area contributed by atoms with Gasteiger partial charge in [-0.25, -0.2) is 0 Å². The maximum atomic E-state index is 13.0. The molecular formula is C16H14F3NO5S. The second-order valence-electron chi connectivity index (χ2n) is 5.75. The van der Waals surface area contributed by atoms with Crippen LogP contribution in [0.5, 0.6) is 5.75 Å². The fraction of sp³-hybridized carbons (Fsp3) is 0.312. The fourth-order valence-corrected chi connectivity index (χ4v) is 3.61. The van der Waals surface area contributed by atoms with E-state index in [1.54, 1.807) is 0 Å². The summed E-state index contributed by atoms with van der Waals surface area (Å²) in [5, 5.41) is 3.55. The van der Waals surface area contributed by atoms with Crippen molar-refractivity contribution in [3.05, 3.63) is 40.8 Å². The second kappa shape index (κ2) is 6.44. The molecule has 0 spiro atoms. The first-order chi connectivity index (χ1) is 12.1. The molecule has 26 heavy (non-hydrogen) atoms. The summed E-state index contributed by atoms with van der Waals surface area (Å²) in [5.74, 6) is -1.15. The lowest BCUT2D eigenvalue weighted by molar-refractivity contribution is -0.156. The molecule has 0 saturated carbocycles. The van der Waals surface area contributed by atoms with Crippen LogP contribution in [0.4, 0.5) is 13.2 Å². The molecule has 6 nitrogen and oxygen atoms in total. The van der Waals surface area contributed by atoms with Crippen LogP contribution in [0.3, 0.4) is 0 Å². The maximum Gasteiger partial charge on any atom is 0.452 e. The van der Waals surface area contributed by atoms with Crippen LogP contribution in [0, 0.1) is 0 Å². The van der Waals surface area contributed by atoms with Gasteiger partial charge in [0.25, 0.3) is 10.1 Å². The minimum absolute atomic E-state index is 0.00138. The van der Waals surface area contributed by atoms with Gasteiger partial charge in [0, 0.05) is 5.56 Å². The molecule has 10 heteroatoms. The van der Waals surface area contributed by atoms with E-state index in [4.69, 9.17) is 4.74 Å². The zero-order valence-corrected chi connectivity index (χ0v) is 14.3. The number of benzene rings is 1. The second-order valence-corrected chi connectivity index (χ2v) is 7.14. The Hall–Kier alpha value is -2.33. The number of halogens is 3. The van der Waals surface area contributed by atoms with E-state index < -0.39 is 27.0 Å². The van der Waals surface area contributed by atoms with Crippen LogP contribution in [0.15, 0.2) is 27.6 Å². The minimum Gasteiger partial charge on any atom is -0.495 e. The van der Waals surface area contributed by atoms with Gasteiger partial charge in [0.1, 0.15) is 16.3 Å². The topological polar surface area (TPSA) is 89.6 Å². The molecule has 1 aliphatic carbocycles. The molecule has 2 aromatic rings. The van der Waals surface area contributed by atoms with Crippen molar-refractivity contribution in [2.24, 2.45) is 0 Å². The predicted molar refractivity (Wildman–Crippen MR) is 85.1 cm³/mol. The highest BCUT2D eigenvalue weighted by atomic mass is 32.2. The van der Waals surface area contributed by atoms with Gasteiger partial charge in [0.2, 0.25) is 5.76 Å². The number of alkyl halides is 3. The van der Waals surface area contributed by atoms with Crippen LogP contribution < -0.4 is 4.74 Å². The molecule has 0 unspecified atom stereocenters. The quantitative estimate of drug-likeness (QED) is 0.803. The number of allylic oxidation sites excluding steroid dienone is 1. The largest absolute Gasteiger partial charge is 0.495 e. The van der Waals surface area contributed by atoms with Crippen molar-refractivity contribution in [2.75, 3.05) is 7.11 Å². The van der Waals surface area contributed by atoms with Crippen molar-refractivity contribution in [1.82, 2.24) is 5.16 Å². The molecule has 0 aliphatic heterocycles. The molecule has 0 fully saturated rings. The van der Waals surface area contributed by atoms with Crippen LogP contribution in [-0.2, 0) is 22.7 Å². The Morgan fingerprint density at radius 1 is 1.31 bits per heavy atom. The molecule has 1 aromatic heterocycles. The highest BCUT2D eigenvalue weighted by molar-refractivity contribution is 7.86. The molecule has 140 valence electrons. The molecule has 0 amide bonds. The van der Waals surface area contributed by atoms with Crippen LogP contribution in [-0.4, -0.2) is 25.2 Å². The van der Waals surface area contributed by atoms with Gasteiger partial charge in [-0.15, -0.1) is 0 Å². The Balaban J connectivity index is 2.07. The van der Waals surface area contributed by atoms with Gasteiger partial charge < -0.3 is 9.26 Å². The fourth-order valence-electron chi connectivity index (χ4n) is 2.92. The Morgan fingerprint density at radius 3 is 2.65 bits per heavy atom. The van der Waals surface area contributed by atoms with E-state index in [1.807, 2.05) is 0 Å². The SMILES string of the molecule is COc1ccc(/C=C2\CCCc3c2noc3C(F)(F)F)cc1S(=O)(=O)O. The Bertz CT molecular complexity index is 976. The van der Waals surface area contributed by atoms with Gasteiger partial charge in [-0.3, -0.25) is 4.55 Å². The van der Waals surface area contributed by atoms with E-state index in [0.717, 1.165) is 0 Å². The zero-order valence-electron chi connectivity index (χ0n) is 13.5. The maximum absolute atomic E-state index is 13.0. The van der Waals surface area contributed by atoms with Crippen LogP contribution in [0.2, 0.25) is 0 Å². The number of nitrogens with zero attached hydrogens (tertiary/aromatic N) is 1. The first kappa shape index (κ1) is 18.5. The predicted octanol–water partition coefficient (Wildman–Crippen LogP) is 3.83. The molecule has 0 saturated heterocycles. The summed E-state index contributed by atoms with van der Waals surface area (Å²) in [6.07, 6.45) is -1.96. The van der Waals surface area contributed by atoms with Gasteiger partial charge in [-0.1, -0.05) is 11.2 Å². The molecule has 0 atom stereocenters. The molecular weight excluding hydrogens is 375 g/mol. The van der Waals surface area contributed by atoms with Gasteiger partial charge >= 0.3 is 6.18 Å². The summed E-state index contributed by atoms with van der Waals surface area (Å²) in [7, 11) is -3.27. The third-order valence-corrected chi connectivity index (χ3v) is 4.90. The lowest BCUT2D eigenvalue weighted by atomic mass is 9.90. The van der Waals surface area contributed by atoms with E-state index in [-0.39, 0.29) is 23.4 Å². The summed E-state index contributed by atoms with van der Waals surface area (Å²) < 4.78 is 80.5. The average Bonchev–Trinajstić information content (AvgIpc) is 2.99. The highest BCUT2D eigenvalue weighted by Crippen LogP contribution is 2.40. The van der Waals surface area contributed by atoms with E-state index in [2.05, 4.69) is 9.68 Å². The van der Waals surface area contributed by atoms with E-state index >= 15 is 0 Å². The molecule has 1 aliphatic rings. The highest BCUT2D eigenvalue weighted by Gasteiger charge is 2.41. The number of methoxy groups -OCH3 is 1. The van der Waals surface area contributed by atoms with Crippen LogP contribution in [0.1, 0.15) is 35.4 Å². The normalized spacial score (nSPS) is 16.6. The third-order valence-electron chi connectivity index (χ3n) is 4.03. The van der Waals surface area contributed by atoms with E-state index in [9.17, 15) is 26.1 Å². The zero-order chi connectivity index (χ0) is 19.1. The summed E-state index contributed by atoms with van der Waals surface area (Å²) in [6, 6.07) is 4.06. The monoisotopic (exact) mass is 389 g/mol. The van der Waals surface area contributed by atoms with Crippen LogP contribution in [0.25, 0.3) is 11.6 Å². The Labute approximate surface area is 147 Å². The first-order valence-corrected chi connectivity index (χ1v) is 8.97. The van der Waals surface area contributed by atoms with E-state index in [0.29, 0.717) is 24.0 Å². The van der Waals surface area contributed by atoms with Gasteiger partial charge in [0.05, 0.1) is 7.11 Å². The Kier molecular flexibility index (Phi) is 4.57. The number of hydrogen-bond acceptors (Lipinski definition) is 5. The summed E-state index contributed by atoms with van der Waals surface area (Å²) in [5.41, 5.74) is 0.987. The molecule has 0 bridgehead atoms. The van der Waals surface area contributed by atoms with E-state index in [1.165, 1.54) is 31.4 Å². The molecule has 1 aromatic carbocycles. The molecule has 0 radical (unpaired) electrons. The van der Waals surface area contributed by atoms with Crippen molar-refractivity contribution < 1.29 is 35.4 Å². The lowest BCUT2D eigenvalue weighted by Crippen LogP contribution is -2.10. The van der Waals surface area contributed by atoms with Gasteiger partial charge in [0.15, 0.2) is 0 Å². The lowest BCUT2D eigenvalue weighted by Gasteiger charge is -2.14. The number of aromatic nitrogens is 1. The van der Waals surface area contributed by atoms with Gasteiger partial charge in [-0.2, -0.15) is 21.6 Å². The first-order valence-electron chi connectivity index (χ1n) is 7.53. The van der Waals surface area contributed by atoms with Crippen molar-refractivity contribution in [1.29, 1.82) is 0 Å². The molecule has 3 rings (SSSR count). The van der Waals surface area contributed by atoms with Crippen molar-refractivity contribution >= 4 is 21.8 Å². The summed E-state index contributed by atoms with van der Waals surface area (Å²) in [4.78, 5) is -0.429. The minimum atomic E-state index is -4.62. The van der Waals surface area contributed by atoms with Crippen molar-refractivity contribution in [3.63, 3.8) is 0 Å². The standard InChI is InChI=1S/C16H14F3NO5S/c1-24-12-6-5-9(8-13(12)26(21,22)23)7-10-3-2-4-11-14(10)20-25-15(11)16(17,18)19/h5-8H,2-4H2,1H3,(H,21,22,23)/b10-7+. The number of ether oxygens (including phenoxy) is 1. The summed E-state index contributed by atoms with van der Waals surface area (Å²) >= 11 is 0. The third kappa shape index (κ3) is 3.47. The molecule has 1 N–H and O–H groups in total. The average molecular weight is 389 g/mol. The smallest absolute Gasteiger partial charge is 0.452 e. The van der Waals surface area contributed by atoms with Crippen molar-refractivity contribution in [3.8, 4) is 5.75 Å². The Morgan fingerprint density at radius 2 is 2.04 bits per heavy atom. The van der Waals surface area contributed by atoms with Crippen LogP contribution >= 0.6 is 0 Å². The molecule has 1 heterocycles. The number of hydrogen-bond donors (Lipinski definition) is 1. The summed E-state index contributed by atoms with van der Waals surface area (Å²) in [6.45, 7) is 0. The number of fused-ring (bicyclic) bond motifs is 1. The van der Waals surface area contributed by atoms with Crippen molar-refractivity contribution in [2.45, 2.75) is 30.3 Å². The van der Waals surface area contributed by atoms with Gasteiger partial charge in [-0.05, 0) is 48.6 Å².